The maximum absolute atomic E-state index is 12.3. The van der Waals surface area contributed by atoms with Gasteiger partial charge in [0.2, 0.25) is 5.91 Å². The van der Waals surface area contributed by atoms with Crippen LogP contribution in [0.2, 0.25) is 0 Å². The molecular formula is C22H32N4O2. The van der Waals surface area contributed by atoms with E-state index in [9.17, 15) is 9.59 Å². The summed E-state index contributed by atoms with van der Waals surface area (Å²) in [6.07, 6.45) is 12.6. The first-order chi connectivity index (χ1) is 13.7. The fourth-order valence-corrected chi connectivity index (χ4v) is 4.40. The molecular weight excluding hydrogens is 352 g/mol. The molecule has 6 heteroatoms. The van der Waals surface area contributed by atoms with Crippen LogP contribution in [0.4, 0.5) is 4.79 Å². The lowest BCUT2D eigenvalue weighted by Gasteiger charge is -2.32. The SMILES string of the molecule is O=C(CC1CC1)N1CCC(CCCCNC(=O)N2Cc3ccncc3C2)CC1. The number of piperidine rings is 1. The van der Waals surface area contributed by atoms with Crippen molar-refractivity contribution < 1.29 is 9.59 Å². The van der Waals surface area contributed by atoms with Crippen LogP contribution in [0.15, 0.2) is 18.5 Å². The van der Waals surface area contributed by atoms with E-state index in [0.717, 1.165) is 63.2 Å². The third kappa shape index (κ3) is 5.03. The van der Waals surface area contributed by atoms with E-state index in [4.69, 9.17) is 0 Å². The topological polar surface area (TPSA) is 65.5 Å². The molecule has 0 spiro atoms. The van der Waals surface area contributed by atoms with Gasteiger partial charge >= 0.3 is 6.03 Å². The van der Waals surface area contributed by atoms with E-state index in [1.807, 2.05) is 17.2 Å². The molecule has 28 heavy (non-hydrogen) atoms. The average molecular weight is 385 g/mol. The molecule has 1 aromatic rings. The van der Waals surface area contributed by atoms with E-state index in [-0.39, 0.29) is 6.03 Å². The molecule has 4 rings (SSSR count). The van der Waals surface area contributed by atoms with Crippen LogP contribution in [-0.2, 0) is 17.9 Å². The first kappa shape index (κ1) is 19.2. The quantitative estimate of drug-likeness (QED) is 0.734. The number of nitrogens with one attached hydrogen (secondary N) is 1. The van der Waals surface area contributed by atoms with Crippen molar-refractivity contribution in [3.63, 3.8) is 0 Å². The van der Waals surface area contributed by atoms with Gasteiger partial charge < -0.3 is 15.1 Å². The number of rotatable bonds is 7. The number of hydrogen-bond donors (Lipinski definition) is 1. The Balaban J connectivity index is 1.06. The van der Waals surface area contributed by atoms with Crippen molar-refractivity contribution in [2.24, 2.45) is 11.8 Å². The number of carbonyl (C=O) groups is 2. The third-order valence-electron chi connectivity index (χ3n) is 6.46. The number of pyridine rings is 1. The lowest BCUT2D eigenvalue weighted by molar-refractivity contribution is -0.133. The van der Waals surface area contributed by atoms with Gasteiger partial charge in [-0.05, 0) is 61.1 Å². The van der Waals surface area contributed by atoms with E-state index in [0.29, 0.717) is 24.9 Å². The van der Waals surface area contributed by atoms with Gasteiger partial charge in [-0.3, -0.25) is 9.78 Å². The highest BCUT2D eigenvalue weighted by atomic mass is 16.2. The zero-order chi connectivity index (χ0) is 19.3. The van der Waals surface area contributed by atoms with Crippen molar-refractivity contribution in [2.45, 2.75) is 64.5 Å². The smallest absolute Gasteiger partial charge is 0.318 e. The number of urea groups is 1. The standard InChI is InChI=1S/C22H32N4O2/c27-21(13-18-4-5-18)25-11-7-17(8-12-25)3-1-2-9-24-22(28)26-15-19-6-10-23-14-20(19)16-26/h6,10,14,17-18H,1-5,7-9,11-13,15-16H2,(H,24,28). The molecule has 3 aliphatic rings. The Labute approximate surface area is 167 Å². The van der Waals surface area contributed by atoms with Crippen LogP contribution >= 0.6 is 0 Å². The summed E-state index contributed by atoms with van der Waals surface area (Å²) in [5.74, 6) is 1.80. The van der Waals surface area contributed by atoms with E-state index in [1.165, 1.54) is 24.8 Å². The summed E-state index contributed by atoms with van der Waals surface area (Å²) in [5, 5.41) is 3.06. The van der Waals surface area contributed by atoms with Crippen LogP contribution in [0.5, 0.6) is 0 Å². The van der Waals surface area contributed by atoms with Gasteiger partial charge in [0.05, 0.1) is 0 Å². The maximum atomic E-state index is 12.3. The van der Waals surface area contributed by atoms with Gasteiger partial charge in [-0.2, -0.15) is 0 Å². The number of likely N-dealkylation sites (tertiary alicyclic amines) is 1. The second-order valence-electron chi connectivity index (χ2n) is 8.70. The highest BCUT2D eigenvalue weighted by Crippen LogP contribution is 2.33. The molecule has 1 aromatic heterocycles. The molecule has 0 bridgehead atoms. The Kier molecular flexibility index (Phi) is 6.13. The van der Waals surface area contributed by atoms with Gasteiger partial charge in [0.25, 0.3) is 0 Å². The van der Waals surface area contributed by atoms with Crippen molar-refractivity contribution in [3.05, 3.63) is 29.6 Å². The molecule has 1 N–H and O–H groups in total. The summed E-state index contributed by atoms with van der Waals surface area (Å²) >= 11 is 0. The minimum absolute atomic E-state index is 0.0266. The molecule has 1 saturated heterocycles. The van der Waals surface area contributed by atoms with Crippen molar-refractivity contribution in [3.8, 4) is 0 Å². The van der Waals surface area contributed by atoms with Gasteiger partial charge in [-0.15, -0.1) is 0 Å². The zero-order valence-electron chi connectivity index (χ0n) is 16.7. The fraction of sp³-hybridized carbons (Fsp3) is 0.682. The summed E-state index contributed by atoms with van der Waals surface area (Å²) in [6, 6.07) is 2.02. The highest BCUT2D eigenvalue weighted by molar-refractivity contribution is 5.76. The van der Waals surface area contributed by atoms with Gasteiger partial charge in [0.15, 0.2) is 0 Å². The summed E-state index contributed by atoms with van der Waals surface area (Å²) in [5.41, 5.74) is 2.35. The number of hydrogen-bond acceptors (Lipinski definition) is 3. The molecule has 1 saturated carbocycles. The van der Waals surface area contributed by atoms with E-state index >= 15 is 0 Å². The zero-order valence-corrected chi connectivity index (χ0v) is 16.7. The van der Waals surface area contributed by atoms with Gasteiger partial charge in [-0.1, -0.05) is 12.8 Å². The molecule has 0 atom stereocenters. The van der Waals surface area contributed by atoms with Crippen molar-refractivity contribution >= 4 is 11.9 Å². The molecule has 0 radical (unpaired) electrons. The first-order valence-corrected chi connectivity index (χ1v) is 10.9. The highest BCUT2D eigenvalue weighted by Gasteiger charge is 2.29. The Morgan fingerprint density at radius 3 is 2.54 bits per heavy atom. The van der Waals surface area contributed by atoms with Crippen LogP contribution in [0, 0.1) is 11.8 Å². The van der Waals surface area contributed by atoms with Gasteiger partial charge in [0, 0.05) is 51.5 Å². The average Bonchev–Trinajstić information content (AvgIpc) is 3.42. The van der Waals surface area contributed by atoms with Crippen LogP contribution in [0.3, 0.4) is 0 Å². The number of nitrogens with zero attached hydrogens (tertiary/aromatic N) is 3. The van der Waals surface area contributed by atoms with Crippen molar-refractivity contribution in [1.82, 2.24) is 20.1 Å². The van der Waals surface area contributed by atoms with Gasteiger partial charge in [-0.25, -0.2) is 4.79 Å². The summed E-state index contributed by atoms with van der Waals surface area (Å²) in [6.45, 7) is 3.96. The molecule has 1 aliphatic carbocycles. The third-order valence-corrected chi connectivity index (χ3v) is 6.46. The lowest BCUT2D eigenvalue weighted by atomic mass is 9.91. The second-order valence-corrected chi connectivity index (χ2v) is 8.70. The molecule has 2 fully saturated rings. The Hall–Kier alpha value is -2.11. The normalized spacial score (nSPS) is 19.6. The monoisotopic (exact) mass is 384 g/mol. The Bertz CT molecular complexity index is 671. The predicted octanol–water partition coefficient (Wildman–Crippen LogP) is 3.32. The first-order valence-electron chi connectivity index (χ1n) is 10.9. The van der Waals surface area contributed by atoms with Crippen LogP contribution in [-0.4, -0.2) is 46.4 Å². The second kappa shape index (κ2) is 8.93. The summed E-state index contributed by atoms with van der Waals surface area (Å²) < 4.78 is 0. The summed E-state index contributed by atoms with van der Waals surface area (Å²) in [7, 11) is 0. The molecule has 3 amide bonds. The molecule has 3 heterocycles. The minimum Gasteiger partial charge on any atom is -0.343 e. The van der Waals surface area contributed by atoms with Crippen molar-refractivity contribution in [2.75, 3.05) is 19.6 Å². The Morgan fingerprint density at radius 1 is 1.00 bits per heavy atom. The number of fused-ring (bicyclic) bond motifs is 1. The summed E-state index contributed by atoms with van der Waals surface area (Å²) in [4.78, 5) is 32.6. The van der Waals surface area contributed by atoms with E-state index in [1.54, 1.807) is 6.20 Å². The number of unbranched alkanes of at least 4 members (excludes halogenated alkanes) is 1. The molecule has 2 aliphatic heterocycles. The molecule has 6 nitrogen and oxygen atoms in total. The lowest BCUT2D eigenvalue weighted by Crippen LogP contribution is -2.38. The largest absolute Gasteiger partial charge is 0.343 e. The molecule has 0 unspecified atom stereocenters. The predicted molar refractivity (Wildman–Crippen MR) is 107 cm³/mol. The van der Waals surface area contributed by atoms with Crippen LogP contribution in [0.25, 0.3) is 0 Å². The number of aromatic nitrogens is 1. The number of carbonyl (C=O) groups excluding carboxylic acids is 2. The molecule has 152 valence electrons. The fourth-order valence-electron chi connectivity index (χ4n) is 4.40. The van der Waals surface area contributed by atoms with Crippen molar-refractivity contribution in [1.29, 1.82) is 0 Å². The van der Waals surface area contributed by atoms with E-state index < -0.39 is 0 Å². The van der Waals surface area contributed by atoms with Crippen LogP contribution < -0.4 is 5.32 Å². The molecule has 0 aromatic carbocycles. The number of amides is 3. The maximum Gasteiger partial charge on any atom is 0.318 e. The Morgan fingerprint density at radius 2 is 1.79 bits per heavy atom. The minimum atomic E-state index is 0.0266. The van der Waals surface area contributed by atoms with Gasteiger partial charge in [0.1, 0.15) is 0 Å². The van der Waals surface area contributed by atoms with Crippen LogP contribution in [0.1, 0.15) is 62.5 Å². The van der Waals surface area contributed by atoms with E-state index in [2.05, 4.69) is 15.2 Å².